The average Bonchev–Trinajstić information content (AvgIpc) is 3.22. The van der Waals surface area contributed by atoms with Gasteiger partial charge in [-0.3, -0.25) is 14.3 Å². The van der Waals surface area contributed by atoms with Gasteiger partial charge in [0.2, 0.25) is 0 Å². The summed E-state index contributed by atoms with van der Waals surface area (Å²) in [5.74, 6) is 0.428. The van der Waals surface area contributed by atoms with Gasteiger partial charge in [0.05, 0.1) is 16.3 Å². The molecule has 158 valence electrons. The summed E-state index contributed by atoms with van der Waals surface area (Å²) in [7, 11) is 1.83. The normalized spacial score (nSPS) is 16.4. The second kappa shape index (κ2) is 7.58. The molecule has 0 aliphatic heterocycles. The van der Waals surface area contributed by atoms with E-state index in [1.165, 1.54) is 10.4 Å². The molecule has 30 heavy (non-hydrogen) atoms. The summed E-state index contributed by atoms with van der Waals surface area (Å²) in [5.41, 5.74) is 3.18. The van der Waals surface area contributed by atoms with E-state index < -0.39 is 0 Å². The third-order valence-electron chi connectivity index (χ3n) is 6.32. The smallest absolute Gasteiger partial charge is 0.295 e. The van der Waals surface area contributed by atoms with Crippen molar-refractivity contribution in [2.45, 2.75) is 47.0 Å². The number of nitrogens with one attached hydrogen (secondary N) is 1. The fourth-order valence-corrected chi connectivity index (χ4v) is 5.37. The quantitative estimate of drug-likeness (QED) is 0.648. The van der Waals surface area contributed by atoms with E-state index in [0.29, 0.717) is 16.5 Å². The predicted molar refractivity (Wildman–Crippen MR) is 123 cm³/mol. The Morgan fingerprint density at radius 3 is 2.57 bits per heavy atom. The van der Waals surface area contributed by atoms with Crippen molar-refractivity contribution in [3.8, 4) is 5.69 Å². The molecule has 1 atom stereocenters. The number of amides is 1. The Labute approximate surface area is 181 Å². The van der Waals surface area contributed by atoms with Crippen LogP contribution in [0.2, 0.25) is 0 Å². The van der Waals surface area contributed by atoms with Crippen molar-refractivity contribution in [3.63, 3.8) is 0 Å². The first-order valence-electron chi connectivity index (χ1n) is 10.4. The van der Waals surface area contributed by atoms with Gasteiger partial charge in [-0.05, 0) is 61.3 Å². The summed E-state index contributed by atoms with van der Waals surface area (Å²) >= 11 is 1.57. The number of anilines is 1. The molecule has 1 unspecified atom stereocenters. The first-order valence-corrected chi connectivity index (χ1v) is 11.3. The van der Waals surface area contributed by atoms with Crippen molar-refractivity contribution in [2.24, 2.45) is 18.4 Å². The minimum atomic E-state index is -0.219. The minimum absolute atomic E-state index is 0.201. The topological polar surface area (TPSA) is 56.0 Å². The van der Waals surface area contributed by atoms with E-state index in [4.69, 9.17) is 0 Å². The van der Waals surface area contributed by atoms with Crippen LogP contribution in [0, 0.1) is 18.3 Å². The lowest BCUT2D eigenvalue weighted by molar-refractivity contribution is 0.103. The van der Waals surface area contributed by atoms with E-state index in [0.717, 1.165) is 30.6 Å². The lowest BCUT2D eigenvalue weighted by Crippen LogP contribution is -2.26. The Kier molecular flexibility index (Phi) is 5.22. The molecule has 2 aromatic heterocycles. The van der Waals surface area contributed by atoms with Crippen molar-refractivity contribution in [3.05, 3.63) is 67.8 Å². The van der Waals surface area contributed by atoms with Crippen LogP contribution < -0.4 is 10.9 Å². The maximum absolute atomic E-state index is 13.1. The maximum Gasteiger partial charge on any atom is 0.295 e. The highest BCUT2D eigenvalue weighted by molar-refractivity contribution is 7.14. The monoisotopic (exact) mass is 423 g/mol. The molecule has 0 spiro atoms. The third kappa shape index (κ3) is 3.65. The molecular weight excluding hydrogens is 394 g/mol. The molecule has 0 fully saturated rings. The van der Waals surface area contributed by atoms with Crippen LogP contribution in [0.3, 0.4) is 0 Å². The van der Waals surface area contributed by atoms with Crippen molar-refractivity contribution in [1.29, 1.82) is 0 Å². The third-order valence-corrected chi connectivity index (χ3v) is 7.56. The van der Waals surface area contributed by atoms with Crippen LogP contribution in [0.25, 0.3) is 5.69 Å². The van der Waals surface area contributed by atoms with Gasteiger partial charge in [0.1, 0.15) is 5.69 Å². The summed E-state index contributed by atoms with van der Waals surface area (Å²) in [6.07, 6.45) is 3.21. The van der Waals surface area contributed by atoms with Crippen LogP contribution >= 0.6 is 11.3 Å². The van der Waals surface area contributed by atoms with Crippen molar-refractivity contribution >= 4 is 22.9 Å². The number of thiophene rings is 1. The van der Waals surface area contributed by atoms with Gasteiger partial charge in [0, 0.05) is 11.9 Å². The minimum Gasteiger partial charge on any atom is -0.315 e. The van der Waals surface area contributed by atoms with Crippen LogP contribution in [0.15, 0.2) is 41.2 Å². The van der Waals surface area contributed by atoms with Gasteiger partial charge in [-0.1, -0.05) is 39.0 Å². The Morgan fingerprint density at radius 1 is 1.20 bits per heavy atom. The Morgan fingerprint density at radius 2 is 1.90 bits per heavy atom. The molecule has 4 rings (SSSR count). The molecule has 5 nitrogen and oxygen atoms in total. The number of hydrogen-bond acceptors (Lipinski definition) is 3. The van der Waals surface area contributed by atoms with Gasteiger partial charge in [-0.25, -0.2) is 4.68 Å². The highest BCUT2D eigenvalue weighted by atomic mass is 32.1. The van der Waals surface area contributed by atoms with E-state index in [2.05, 4.69) is 26.1 Å². The van der Waals surface area contributed by atoms with E-state index in [1.807, 2.05) is 50.4 Å². The number of fused-ring (bicyclic) bond motifs is 1. The van der Waals surface area contributed by atoms with E-state index in [-0.39, 0.29) is 16.9 Å². The van der Waals surface area contributed by atoms with Gasteiger partial charge >= 0.3 is 0 Å². The lowest BCUT2D eigenvalue weighted by Gasteiger charge is -2.33. The fraction of sp³-hybridized carbons (Fsp3) is 0.417. The molecule has 0 saturated carbocycles. The van der Waals surface area contributed by atoms with Crippen molar-refractivity contribution in [2.75, 3.05) is 5.32 Å². The van der Waals surface area contributed by atoms with Crippen LogP contribution in [-0.4, -0.2) is 15.3 Å². The molecule has 1 aliphatic carbocycles. The number of hydrogen-bond donors (Lipinski definition) is 1. The zero-order valence-corrected chi connectivity index (χ0v) is 19.1. The zero-order chi connectivity index (χ0) is 21.6. The molecule has 1 aliphatic rings. The SMILES string of the molecule is Cc1c(NC(=O)c2cc3c(s2)CCC(C(C)(C)C)C3)c(=O)n(-c2ccccc2)n1C. The maximum atomic E-state index is 13.1. The molecule has 0 saturated heterocycles. The lowest BCUT2D eigenvalue weighted by atomic mass is 9.72. The largest absolute Gasteiger partial charge is 0.315 e. The molecule has 1 aromatic carbocycles. The number of benzene rings is 1. The molecule has 0 radical (unpaired) electrons. The molecule has 3 aromatic rings. The van der Waals surface area contributed by atoms with Crippen molar-refractivity contribution in [1.82, 2.24) is 9.36 Å². The average molecular weight is 424 g/mol. The molecule has 1 amide bonds. The number of rotatable bonds is 3. The molecule has 1 N–H and O–H groups in total. The molecular formula is C24H29N3O2S. The number of aromatic nitrogens is 2. The number of nitrogens with zero attached hydrogens (tertiary/aromatic N) is 2. The first kappa shape index (κ1) is 20.7. The fourth-order valence-electron chi connectivity index (χ4n) is 4.26. The highest BCUT2D eigenvalue weighted by Crippen LogP contribution is 2.40. The van der Waals surface area contributed by atoms with Gasteiger partial charge in [0.25, 0.3) is 11.5 Å². The Bertz CT molecular complexity index is 1150. The summed E-state index contributed by atoms with van der Waals surface area (Å²) in [5, 5.41) is 2.89. The summed E-state index contributed by atoms with van der Waals surface area (Å²) < 4.78 is 3.36. The highest BCUT2D eigenvalue weighted by Gasteiger charge is 2.30. The molecule has 2 heterocycles. The Hall–Kier alpha value is -2.60. The van der Waals surface area contributed by atoms with Gasteiger partial charge in [-0.15, -0.1) is 11.3 Å². The van der Waals surface area contributed by atoms with E-state index in [9.17, 15) is 9.59 Å². The van der Waals surface area contributed by atoms with Gasteiger partial charge in [0.15, 0.2) is 0 Å². The first-order chi connectivity index (χ1) is 14.2. The number of aryl methyl sites for hydroxylation is 1. The van der Waals surface area contributed by atoms with Crippen LogP contribution in [0.1, 0.15) is 53.0 Å². The van der Waals surface area contributed by atoms with E-state index in [1.54, 1.807) is 20.7 Å². The Balaban J connectivity index is 1.61. The van der Waals surface area contributed by atoms with Crippen LogP contribution in [-0.2, 0) is 19.9 Å². The summed E-state index contributed by atoms with van der Waals surface area (Å²) in [6.45, 7) is 8.72. The second-order valence-electron chi connectivity index (χ2n) is 9.26. The number of para-hydroxylation sites is 1. The standard InChI is InChI=1S/C24H29N3O2S/c1-15-21(23(29)27(26(15)5)18-9-7-6-8-10-18)25-22(28)20-14-16-13-17(24(2,3)4)11-12-19(16)30-20/h6-10,14,17H,11-13H2,1-5H3,(H,25,28). The molecule has 0 bridgehead atoms. The van der Waals surface area contributed by atoms with Crippen molar-refractivity contribution < 1.29 is 4.79 Å². The van der Waals surface area contributed by atoms with Gasteiger partial charge in [-0.2, -0.15) is 0 Å². The van der Waals surface area contributed by atoms with E-state index >= 15 is 0 Å². The summed E-state index contributed by atoms with van der Waals surface area (Å²) in [6, 6.07) is 11.5. The second-order valence-corrected chi connectivity index (χ2v) is 10.4. The summed E-state index contributed by atoms with van der Waals surface area (Å²) in [4.78, 5) is 28.1. The zero-order valence-electron chi connectivity index (χ0n) is 18.3. The van der Waals surface area contributed by atoms with Crippen LogP contribution in [0.4, 0.5) is 5.69 Å². The van der Waals surface area contributed by atoms with Crippen LogP contribution in [0.5, 0.6) is 0 Å². The predicted octanol–water partition coefficient (Wildman–Crippen LogP) is 4.95. The number of carbonyl (C=O) groups excluding carboxylic acids is 1. The molecule has 6 heteroatoms. The van der Waals surface area contributed by atoms with Gasteiger partial charge < -0.3 is 5.32 Å². The number of carbonyl (C=O) groups is 1.